The van der Waals surface area contributed by atoms with E-state index in [1.165, 1.54) is 0 Å². The van der Waals surface area contributed by atoms with Crippen molar-refractivity contribution in [2.45, 2.75) is 6.92 Å². The predicted molar refractivity (Wildman–Crippen MR) is 68.0 cm³/mol. The van der Waals surface area contributed by atoms with E-state index in [0.29, 0.717) is 11.5 Å². The molecule has 2 rings (SSSR count). The molecule has 2 aromatic rings. The van der Waals surface area contributed by atoms with Crippen molar-refractivity contribution in [2.24, 2.45) is 0 Å². The van der Waals surface area contributed by atoms with Gasteiger partial charge in [-0.05, 0) is 40.5 Å². The molecule has 0 aliphatic carbocycles. The maximum Gasteiger partial charge on any atom is 0.138 e. The quantitative estimate of drug-likeness (QED) is 0.791. The first-order chi connectivity index (χ1) is 7.61. The Labute approximate surface area is 102 Å². The van der Waals surface area contributed by atoms with E-state index in [1.807, 2.05) is 19.1 Å². The molecule has 0 aliphatic rings. The minimum atomic E-state index is 0.520. The van der Waals surface area contributed by atoms with Crippen molar-refractivity contribution < 1.29 is 4.74 Å². The van der Waals surface area contributed by atoms with Crippen LogP contribution in [-0.2, 0) is 4.74 Å². The average Bonchev–Trinajstić information content (AvgIpc) is 2.27. The molecule has 3 nitrogen and oxygen atoms in total. The van der Waals surface area contributed by atoms with Crippen molar-refractivity contribution in [3.63, 3.8) is 0 Å². The highest BCUT2D eigenvalue weighted by molar-refractivity contribution is 9.10. The summed E-state index contributed by atoms with van der Waals surface area (Å²) in [5.41, 5.74) is 3.47. The SMILES string of the molecule is C=C(OC)c1cnc2c(Br)cc(C)cc2n1. The zero-order valence-corrected chi connectivity index (χ0v) is 10.7. The average molecular weight is 279 g/mol. The third kappa shape index (κ3) is 1.93. The Balaban J connectivity index is 2.66. The van der Waals surface area contributed by atoms with Crippen LogP contribution in [0.5, 0.6) is 0 Å². The van der Waals surface area contributed by atoms with Gasteiger partial charge in [-0.2, -0.15) is 0 Å². The second-order valence-corrected chi connectivity index (χ2v) is 4.35. The van der Waals surface area contributed by atoms with E-state index in [-0.39, 0.29) is 0 Å². The normalized spacial score (nSPS) is 10.4. The molecule has 0 saturated carbocycles. The first-order valence-electron chi connectivity index (χ1n) is 4.78. The molecular weight excluding hydrogens is 268 g/mol. The summed E-state index contributed by atoms with van der Waals surface area (Å²) >= 11 is 3.47. The number of ether oxygens (including phenoxy) is 1. The molecule has 0 saturated heterocycles. The fourth-order valence-electron chi connectivity index (χ4n) is 1.45. The fraction of sp³-hybridized carbons (Fsp3) is 0.167. The van der Waals surface area contributed by atoms with Gasteiger partial charge in [-0.3, -0.25) is 4.98 Å². The Kier molecular flexibility index (Phi) is 2.92. The molecule has 0 N–H and O–H groups in total. The summed E-state index contributed by atoms with van der Waals surface area (Å²) in [6.45, 7) is 5.78. The first kappa shape index (κ1) is 11.1. The summed E-state index contributed by atoms with van der Waals surface area (Å²) < 4.78 is 5.99. The summed E-state index contributed by atoms with van der Waals surface area (Å²) in [5, 5.41) is 0. The van der Waals surface area contributed by atoms with Crippen molar-refractivity contribution in [3.05, 3.63) is 40.6 Å². The van der Waals surface area contributed by atoms with E-state index < -0.39 is 0 Å². The predicted octanol–water partition coefficient (Wildman–Crippen LogP) is 3.32. The highest BCUT2D eigenvalue weighted by atomic mass is 79.9. The molecule has 0 atom stereocenters. The van der Waals surface area contributed by atoms with Crippen LogP contribution in [-0.4, -0.2) is 17.1 Å². The number of halogens is 1. The lowest BCUT2D eigenvalue weighted by atomic mass is 10.2. The van der Waals surface area contributed by atoms with Crippen molar-refractivity contribution in [1.29, 1.82) is 0 Å². The summed E-state index contributed by atoms with van der Waals surface area (Å²) in [4.78, 5) is 8.79. The van der Waals surface area contributed by atoms with Gasteiger partial charge in [0.2, 0.25) is 0 Å². The summed E-state index contributed by atoms with van der Waals surface area (Å²) in [7, 11) is 1.57. The number of rotatable bonds is 2. The zero-order valence-electron chi connectivity index (χ0n) is 9.12. The van der Waals surface area contributed by atoms with Crippen LogP contribution in [0, 0.1) is 6.92 Å². The number of aryl methyl sites for hydroxylation is 1. The van der Waals surface area contributed by atoms with Crippen LogP contribution < -0.4 is 0 Å². The number of aromatic nitrogens is 2. The van der Waals surface area contributed by atoms with E-state index in [4.69, 9.17) is 4.74 Å². The Morgan fingerprint density at radius 3 is 2.88 bits per heavy atom. The van der Waals surface area contributed by atoms with Gasteiger partial charge in [0.1, 0.15) is 17.0 Å². The molecule has 4 heteroatoms. The van der Waals surface area contributed by atoms with Gasteiger partial charge < -0.3 is 4.74 Å². The van der Waals surface area contributed by atoms with E-state index in [2.05, 4.69) is 32.5 Å². The Bertz CT molecular complexity index is 566. The number of hydrogen-bond acceptors (Lipinski definition) is 3. The monoisotopic (exact) mass is 278 g/mol. The van der Waals surface area contributed by atoms with Gasteiger partial charge in [-0.25, -0.2) is 4.98 Å². The molecular formula is C12H11BrN2O. The lowest BCUT2D eigenvalue weighted by Crippen LogP contribution is -1.94. The largest absolute Gasteiger partial charge is 0.495 e. The molecule has 0 spiro atoms. The summed E-state index contributed by atoms with van der Waals surface area (Å²) in [5.74, 6) is 0.520. The van der Waals surface area contributed by atoms with Gasteiger partial charge in [0, 0.05) is 4.47 Å². The topological polar surface area (TPSA) is 35.0 Å². The third-order valence-corrected chi connectivity index (χ3v) is 2.88. The minimum Gasteiger partial charge on any atom is -0.495 e. The number of nitrogens with zero attached hydrogens (tertiary/aromatic N) is 2. The lowest BCUT2D eigenvalue weighted by molar-refractivity contribution is 0.369. The van der Waals surface area contributed by atoms with Crippen LogP contribution >= 0.6 is 15.9 Å². The van der Waals surface area contributed by atoms with Gasteiger partial charge in [0.05, 0.1) is 18.8 Å². The van der Waals surface area contributed by atoms with Crippen LogP contribution in [0.2, 0.25) is 0 Å². The molecule has 1 aromatic carbocycles. The molecule has 82 valence electrons. The second kappa shape index (κ2) is 4.22. The molecule has 0 radical (unpaired) electrons. The van der Waals surface area contributed by atoms with Gasteiger partial charge in [-0.15, -0.1) is 0 Å². The van der Waals surface area contributed by atoms with Gasteiger partial charge in [-0.1, -0.05) is 6.58 Å². The van der Waals surface area contributed by atoms with E-state index in [1.54, 1.807) is 13.3 Å². The number of benzene rings is 1. The number of fused-ring (bicyclic) bond motifs is 1. The Morgan fingerprint density at radius 2 is 2.19 bits per heavy atom. The molecule has 0 aliphatic heterocycles. The van der Waals surface area contributed by atoms with Gasteiger partial charge in [0.25, 0.3) is 0 Å². The highest BCUT2D eigenvalue weighted by Gasteiger charge is 2.06. The molecule has 0 unspecified atom stereocenters. The van der Waals surface area contributed by atoms with Crippen molar-refractivity contribution in [2.75, 3.05) is 7.11 Å². The standard InChI is InChI=1S/C12H11BrN2O/c1-7-4-9(13)12-10(5-7)15-11(6-14-12)8(2)16-3/h4-6H,2H2,1,3H3. The minimum absolute atomic E-state index is 0.520. The van der Waals surface area contributed by atoms with Crippen LogP contribution in [0.1, 0.15) is 11.3 Å². The molecule has 1 aromatic heterocycles. The Hall–Kier alpha value is -1.42. The van der Waals surface area contributed by atoms with Crippen molar-refractivity contribution in [3.8, 4) is 0 Å². The van der Waals surface area contributed by atoms with Crippen LogP contribution in [0.3, 0.4) is 0 Å². The first-order valence-corrected chi connectivity index (χ1v) is 5.57. The van der Waals surface area contributed by atoms with Crippen molar-refractivity contribution >= 4 is 32.7 Å². The van der Waals surface area contributed by atoms with E-state index in [0.717, 1.165) is 21.1 Å². The summed E-state index contributed by atoms with van der Waals surface area (Å²) in [6, 6.07) is 4.00. The molecule has 1 heterocycles. The highest BCUT2D eigenvalue weighted by Crippen LogP contribution is 2.23. The Morgan fingerprint density at radius 1 is 1.44 bits per heavy atom. The van der Waals surface area contributed by atoms with Crippen LogP contribution in [0.15, 0.2) is 29.4 Å². The maximum atomic E-state index is 5.04. The van der Waals surface area contributed by atoms with Gasteiger partial charge >= 0.3 is 0 Å². The molecule has 0 bridgehead atoms. The van der Waals surface area contributed by atoms with E-state index in [9.17, 15) is 0 Å². The third-order valence-electron chi connectivity index (χ3n) is 2.28. The van der Waals surface area contributed by atoms with Crippen molar-refractivity contribution in [1.82, 2.24) is 9.97 Å². The molecule has 0 amide bonds. The van der Waals surface area contributed by atoms with Crippen LogP contribution in [0.25, 0.3) is 16.8 Å². The van der Waals surface area contributed by atoms with Gasteiger partial charge in [0.15, 0.2) is 0 Å². The fourth-order valence-corrected chi connectivity index (χ4v) is 2.12. The van der Waals surface area contributed by atoms with Crippen LogP contribution in [0.4, 0.5) is 0 Å². The summed E-state index contributed by atoms with van der Waals surface area (Å²) in [6.07, 6.45) is 1.66. The lowest BCUT2D eigenvalue weighted by Gasteiger charge is -2.06. The number of hydrogen-bond donors (Lipinski definition) is 0. The van der Waals surface area contributed by atoms with E-state index >= 15 is 0 Å². The maximum absolute atomic E-state index is 5.04. The second-order valence-electron chi connectivity index (χ2n) is 3.50. The smallest absolute Gasteiger partial charge is 0.138 e. The molecule has 0 fully saturated rings. The molecule has 16 heavy (non-hydrogen) atoms. The zero-order chi connectivity index (χ0) is 11.7. The number of methoxy groups -OCH3 is 1.